The molecule has 0 saturated carbocycles. The number of aryl methyl sites for hydroxylation is 1. The van der Waals surface area contributed by atoms with Crippen molar-refractivity contribution in [3.05, 3.63) is 17.8 Å². The lowest BCUT2D eigenvalue weighted by atomic mass is 10.2. The number of aromatic nitrogens is 1. The number of nitrogen functional groups attached to an aromatic ring is 1. The molecule has 0 bridgehead atoms. The van der Waals surface area contributed by atoms with Gasteiger partial charge in [-0.3, -0.25) is 0 Å². The van der Waals surface area contributed by atoms with Crippen molar-refractivity contribution in [1.82, 2.24) is 4.98 Å². The largest absolute Gasteiger partial charge is 0.397 e. The van der Waals surface area contributed by atoms with Crippen molar-refractivity contribution in [1.29, 1.82) is 0 Å². The Morgan fingerprint density at radius 1 is 1.36 bits per heavy atom. The minimum atomic E-state index is 0.588. The average Bonchev–Trinajstić information content (AvgIpc) is 2.09. The van der Waals surface area contributed by atoms with Crippen molar-refractivity contribution in [2.75, 3.05) is 5.73 Å². The van der Waals surface area contributed by atoms with Crippen LogP contribution in [0.2, 0.25) is 0 Å². The molecule has 1 aromatic rings. The van der Waals surface area contributed by atoms with Gasteiger partial charge in [0.1, 0.15) is 0 Å². The van der Waals surface area contributed by atoms with Crippen LogP contribution in [0, 0.1) is 12.8 Å². The molecule has 0 aliphatic heterocycles. The van der Waals surface area contributed by atoms with Crippen LogP contribution in [0.4, 0.5) is 5.69 Å². The molecule has 3 heteroatoms. The first-order valence-corrected chi connectivity index (χ1v) is 5.77. The zero-order valence-electron chi connectivity index (χ0n) is 9.24. The van der Waals surface area contributed by atoms with Crippen molar-refractivity contribution in [2.24, 2.45) is 5.92 Å². The Morgan fingerprint density at radius 3 is 2.50 bits per heavy atom. The smallest absolute Gasteiger partial charge is 0.0993 e. The first-order valence-electron chi connectivity index (χ1n) is 4.89. The molecule has 0 radical (unpaired) electrons. The van der Waals surface area contributed by atoms with E-state index in [0.29, 0.717) is 11.2 Å². The molecule has 0 aliphatic carbocycles. The van der Waals surface area contributed by atoms with Crippen molar-refractivity contribution < 1.29 is 0 Å². The Morgan fingerprint density at radius 2 is 2.00 bits per heavy atom. The van der Waals surface area contributed by atoms with Crippen LogP contribution < -0.4 is 5.73 Å². The van der Waals surface area contributed by atoms with Gasteiger partial charge in [-0.05, 0) is 24.5 Å². The molecule has 0 amide bonds. The van der Waals surface area contributed by atoms with Crippen LogP contribution in [0.5, 0.6) is 0 Å². The van der Waals surface area contributed by atoms with Gasteiger partial charge in [0.25, 0.3) is 0 Å². The van der Waals surface area contributed by atoms with Gasteiger partial charge in [-0.1, -0.05) is 20.8 Å². The predicted molar refractivity (Wildman–Crippen MR) is 63.5 cm³/mol. The number of nitrogens with two attached hydrogens (primary N) is 1. The van der Waals surface area contributed by atoms with E-state index < -0.39 is 0 Å². The second-order valence-electron chi connectivity index (χ2n) is 3.96. The molecule has 0 spiro atoms. The van der Waals surface area contributed by atoms with E-state index in [9.17, 15) is 0 Å². The van der Waals surface area contributed by atoms with Gasteiger partial charge < -0.3 is 5.73 Å². The summed E-state index contributed by atoms with van der Waals surface area (Å²) in [4.78, 5) is 4.34. The first kappa shape index (κ1) is 11.4. The van der Waals surface area contributed by atoms with E-state index in [4.69, 9.17) is 5.73 Å². The van der Waals surface area contributed by atoms with Crippen LogP contribution in [0.25, 0.3) is 0 Å². The summed E-state index contributed by atoms with van der Waals surface area (Å²) in [5.41, 5.74) is 7.56. The summed E-state index contributed by atoms with van der Waals surface area (Å²) in [6, 6.07) is 1.97. The molecular weight excluding hydrogens is 192 g/mol. The van der Waals surface area contributed by atoms with Gasteiger partial charge in [0.05, 0.1) is 16.9 Å². The molecule has 0 aliphatic rings. The first-order chi connectivity index (χ1) is 6.50. The van der Waals surface area contributed by atoms with Gasteiger partial charge in [0.2, 0.25) is 0 Å². The maximum absolute atomic E-state index is 5.65. The molecule has 2 nitrogen and oxygen atoms in total. The maximum atomic E-state index is 5.65. The molecule has 78 valence electrons. The molecule has 0 saturated heterocycles. The van der Waals surface area contributed by atoms with Gasteiger partial charge >= 0.3 is 0 Å². The molecule has 0 aromatic carbocycles. The second-order valence-corrected chi connectivity index (χ2v) is 5.32. The van der Waals surface area contributed by atoms with Gasteiger partial charge in [-0.25, -0.2) is 4.98 Å². The zero-order chi connectivity index (χ0) is 10.7. The lowest BCUT2D eigenvalue weighted by Gasteiger charge is -2.15. The highest BCUT2D eigenvalue weighted by atomic mass is 32.2. The van der Waals surface area contributed by atoms with Crippen molar-refractivity contribution in [3.8, 4) is 0 Å². The van der Waals surface area contributed by atoms with Gasteiger partial charge in [-0.2, -0.15) is 0 Å². The minimum absolute atomic E-state index is 0.588. The monoisotopic (exact) mass is 210 g/mol. The lowest BCUT2D eigenvalue weighted by Crippen LogP contribution is -2.06. The fraction of sp³-hybridized carbons (Fsp3) is 0.545. The summed E-state index contributed by atoms with van der Waals surface area (Å²) in [6.07, 6.45) is 1.72. The molecule has 1 aromatic heterocycles. The summed E-state index contributed by atoms with van der Waals surface area (Å²) in [5, 5.41) is 1.69. The fourth-order valence-electron chi connectivity index (χ4n) is 1.02. The van der Waals surface area contributed by atoms with Crippen molar-refractivity contribution in [2.45, 2.75) is 38.0 Å². The Bertz CT molecular complexity index is 310. The number of hydrogen-bond acceptors (Lipinski definition) is 3. The third-order valence-corrected chi connectivity index (χ3v) is 3.85. The van der Waals surface area contributed by atoms with Crippen LogP contribution in [-0.4, -0.2) is 10.2 Å². The molecule has 14 heavy (non-hydrogen) atoms. The van der Waals surface area contributed by atoms with Crippen LogP contribution in [0.15, 0.2) is 17.3 Å². The summed E-state index contributed by atoms with van der Waals surface area (Å²) >= 11 is 1.82. The van der Waals surface area contributed by atoms with E-state index in [0.717, 1.165) is 10.7 Å². The SMILES string of the molecule is Cc1cc(N)cnc1SC(C)C(C)C. The Kier molecular flexibility index (Phi) is 3.81. The zero-order valence-corrected chi connectivity index (χ0v) is 10.1. The normalized spacial score (nSPS) is 13.2. The van der Waals surface area contributed by atoms with Crippen LogP contribution in [0.3, 0.4) is 0 Å². The Balaban J connectivity index is 2.77. The number of thioether (sulfide) groups is 1. The van der Waals surface area contributed by atoms with E-state index >= 15 is 0 Å². The molecule has 1 atom stereocenters. The molecule has 0 fully saturated rings. The standard InChI is InChI=1S/C11H18N2S/c1-7(2)9(4)14-11-8(3)5-10(12)6-13-11/h5-7,9H,12H2,1-4H3. The predicted octanol–water partition coefficient (Wildman–Crippen LogP) is 3.11. The lowest BCUT2D eigenvalue weighted by molar-refractivity contribution is 0.641. The Hall–Kier alpha value is -0.700. The Labute approximate surface area is 90.3 Å². The number of nitrogens with zero attached hydrogens (tertiary/aromatic N) is 1. The van der Waals surface area contributed by atoms with Crippen molar-refractivity contribution in [3.63, 3.8) is 0 Å². The molecule has 1 heterocycles. The number of pyridine rings is 1. The van der Waals surface area contributed by atoms with Crippen LogP contribution in [0.1, 0.15) is 26.3 Å². The topological polar surface area (TPSA) is 38.9 Å². The summed E-state index contributed by atoms with van der Waals surface area (Å²) < 4.78 is 0. The third-order valence-electron chi connectivity index (χ3n) is 2.29. The van der Waals surface area contributed by atoms with E-state index in [1.807, 2.05) is 17.8 Å². The highest BCUT2D eigenvalue weighted by molar-refractivity contribution is 7.99. The van der Waals surface area contributed by atoms with E-state index in [1.54, 1.807) is 6.20 Å². The molecular formula is C11H18N2S. The van der Waals surface area contributed by atoms with E-state index in [-0.39, 0.29) is 0 Å². The quantitative estimate of drug-likeness (QED) is 0.779. The number of rotatable bonds is 3. The van der Waals surface area contributed by atoms with E-state index in [2.05, 4.69) is 32.7 Å². The highest BCUT2D eigenvalue weighted by Crippen LogP contribution is 2.28. The summed E-state index contributed by atoms with van der Waals surface area (Å²) in [5.74, 6) is 0.666. The minimum Gasteiger partial charge on any atom is -0.397 e. The van der Waals surface area contributed by atoms with Crippen LogP contribution in [-0.2, 0) is 0 Å². The van der Waals surface area contributed by atoms with Gasteiger partial charge in [-0.15, -0.1) is 11.8 Å². The third kappa shape index (κ3) is 2.91. The average molecular weight is 210 g/mol. The van der Waals surface area contributed by atoms with Gasteiger partial charge in [0, 0.05) is 5.25 Å². The van der Waals surface area contributed by atoms with E-state index in [1.165, 1.54) is 5.56 Å². The molecule has 1 unspecified atom stereocenters. The number of anilines is 1. The number of hydrogen-bond donors (Lipinski definition) is 1. The summed E-state index contributed by atoms with van der Waals surface area (Å²) in [7, 11) is 0. The van der Waals surface area contributed by atoms with Crippen LogP contribution >= 0.6 is 11.8 Å². The molecule has 1 rings (SSSR count). The maximum Gasteiger partial charge on any atom is 0.0993 e. The highest BCUT2D eigenvalue weighted by Gasteiger charge is 2.11. The second kappa shape index (κ2) is 4.69. The van der Waals surface area contributed by atoms with Gasteiger partial charge in [0.15, 0.2) is 0 Å². The van der Waals surface area contributed by atoms with Crippen molar-refractivity contribution >= 4 is 17.4 Å². The fourth-order valence-corrected chi connectivity index (χ4v) is 2.00. The molecule has 2 N–H and O–H groups in total. The summed E-state index contributed by atoms with van der Waals surface area (Å²) in [6.45, 7) is 8.74.